The van der Waals surface area contributed by atoms with Crippen molar-refractivity contribution >= 4 is 22.6 Å². The maximum absolute atomic E-state index is 14.2. The third-order valence-corrected chi connectivity index (χ3v) is 4.56. The van der Waals surface area contributed by atoms with Crippen molar-refractivity contribution in [3.8, 4) is 0 Å². The van der Waals surface area contributed by atoms with Crippen LogP contribution in [0.5, 0.6) is 0 Å². The zero-order valence-electron chi connectivity index (χ0n) is 11.4. The molecule has 1 aromatic carbocycles. The predicted molar refractivity (Wildman–Crippen MR) is 76.1 cm³/mol. The molecule has 1 heterocycles. The van der Waals surface area contributed by atoms with Crippen molar-refractivity contribution in [2.24, 2.45) is 5.92 Å². The first-order chi connectivity index (χ1) is 9.63. The maximum Gasteiger partial charge on any atom is 0.184 e. The van der Waals surface area contributed by atoms with E-state index in [-0.39, 0.29) is 11.6 Å². The van der Waals surface area contributed by atoms with Gasteiger partial charge in [-0.3, -0.25) is 0 Å². The molecule has 0 aliphatic heterocycles. The van der Waals surface area contributed by atoms with E-state index >= 15 is 0 Å². The summed E-state index contributed by atoms with van der Waals surface area (Å²) in [5.41, 5.74) is 0.791. The Labute approximate surface area is 121 Å². The second kappa shape index (κ2) is 5.32. The Balaban J connectivity index is 2.18. The van der Waals surface area contributed by atoms with Crippen LogP contribution in [0.4, 0.5) is 8.78 Å². The van der Waals surface area contributed by atoms with E-state index in [0.717, 1.165) is 24.7 Å². The van der Waals surface area contributed by atoms with E-state index in [1.54, 1.807) is 0 Å². The molecule has 5 heteroatoms. The van der Waals surface area contributed by atoms with Gasteiger partial charge in [0.2, 0.25) is 0 Å². The zero-order valence-corrected chi connectivity index (χ0v) is 12.1. The Morgan fingerprint density at radius 3 is 2.75 bits per heavy atom. The monoisotopic (exact) mass is 298 g/mol. The summed E-state index contributed by atoms with van der Waals surface area (Å²) in [6, 6.07) is 2.80. The first kappa shape index (κ1) is 13.8. The fourth-order valence-electron chi connectivity index (χ4n) is 3.00. The number of hydrogen-bond acceptors (Lipinski definition) is 1. The van der Waals surface area contributed by atoms with Gasteiger partial charge in [-0.1, -0.05) is 6.42 Å². The van der Waals surface area contributed by atoms with E-state index in [9.17, 15) is 8.78 Å². The molecule has 1 aliphatic carbocycles. The van der Waals surface area contributed by atoms with Crippen LogP contribution in [0.25, 0.3) is 11.0 Å². The normalized spacial score (nSPS) is 17.4. The second-order valence-electron chi connectivity index (χ2n) is 5.50. The topological polar surface area (TPSA) is 17.8 Å². The molecule has 0 radical (unpaired) electrons. The molecule has 2 aromatic rings. The van der Waals surface area contributed by atoms with Gasteiger partial charge in [0, 0.05) is 18.3 Å². The molecular weight excluding hydrogens is 282 g/mol. The summed E-state index contributed by atoms with van der Waals surface area (Å²) in [5.74, 6) is 0.0621. The summed E-state index contributed by atoms with van der Waals surface area (Å²) in [6.07, 6.45) is 4.05. The molecule has 0 bridgehead atoms. The first-order valence-electron chi connectivity index (χ1n) is 7.04. The van der Waals surface area contributed by atoms with Crippen LogP contribution in [0.15, 0.2) is 12.1 Å². The van der Waals surface area contributed by atoms with Gasteiger partial charge in [-0.25, -0.2) is 13.8 Å². The lowest BCUT2D eigenvalue weighted by atomic mass is 9.80. The quantitative estimate of drug-likeness (QED) is 0.762. The smallest absolute Gasteiger partial charge is 0.184 e. The van der Waals surface area contributed by atoms with Crippen molar-refractivity contribution in [3.05, 3.63) is 29.6 Å². The highest BCUT2D eigenvalue weighted by Crippen LogP contribution is 2.39. The number of benzene rings is 1. The van der Waals surface area contributed by atoms with E-state index in [4.69, 9.17) is 11.6 Å². The molecule has 2 nitrogen and oxygen atoms in total. The lowest BCUT2D eigenvalue weighted by Gasteiger charge is -2.33. The van der Waals surface area contributed by atoms with Gasteiger partial charge >= 0.3 is 0 Å². The summed E-state index contributed by atoms with van der Waals surface area (Å²) in [7, 11) is 0. The van der Waals surface area contributed by atoms with Gasteiger partial charge in [0.15, 0.2) is 11.6 Å². The Bertz CT molecular complexity index is 634. The minimum Gasteiger partial charge on any atom is -0.322 e. The van der Waals surface area contributed by atoms with Crippen LogP contribution in [0, 0.1) is 17.6 Å². The number of nitrogens with zero attached hydrogens (tertiary/aromatic N) is 2. The maximum atomic E-state index is 14.2. The Hall–Kier alpha value is -1.16. The minimum atomic E-state index is -0.822. The van der Waals surface area contributed by atoms with Crippen LogP contribution >= 0.6 is 11.6 Å². The van der Waals surface area contributed by atoms with E-state index in [2.05, 4.69) is 11.9 Å². The van der Waals surface area contributed by atoms with Crippen molar-refractivity contribution in [1.29, 1.82) is 0 Å². The average molecular weight is 299 g/mol. The molecule has 0 N–H and O–H groups in total. The van der Waals surface area contributed by atoms with Gasteiger partial charge < -0.3 is 4.57 Å². The molecule has 20 heavy (non-hydrogen) atoms. The van der Waals surface area contributed by atoms with Crippen LogP contribution < -0.4 is 0 Å². The van der Waals surface area contributed by atoms with E-state index in [0.29, 0.717) is 23.7 Å². The molecule has 0 saturated heterocycles. The van der Waals surface area contributed by atoms with Crippen molar-refractivity contribution in [2.45, 2.75) is 38.6 Å². The SMILES string of the molecule is CC(C1CCC1)n1c(CCCl)nc2ccc(F)c(F)c21. The Kier molecular flexibility index (Phi) is 3.67. The number of aryl methyl sites for hydroxylation is 1. The van der Waals surface area contributed by atoms with Crippen molar-refractivity contribution < 1.29 is 8.78 Å². The van der Waals surface area contributed by atoms with Crippen molar-refractivity contribution in [1.82, 2.24) is 9.55 Å². The highest BCUT2D eigenvalue weighted by Gasteiger charge is 2.29. The average Bonchev–Trinajstić information content (AvgIpc) is 2.71. The minimum absolute atomic E-state index is 0.128. The molecule has 0 spiro atoms. The van der Waals surface area contributed by atoms with Crippen LogP contribution in [0.3, 0.4) is 0 Å². The van der Waals surface area contributed by atoms with Crippen LogP contribution in [0.2, 0.25) is 0 Å². The number of alkyl halides is 1. The summed E-state index contributed by atoms with van der Waals surface area (Å²) in [6.45, 7) is 2.06. The number of hydrogen-bond donors (Lipinski definition) is 0. The number of imidazole rings is 1. The third kappa shape index (κ3) is 2.10. The van der Waals surface area contributed by atoms with E-state index in [1.165, 1.54) is 12.5 Å². The summed E-state index contributed by atoms with van der Waals surface area (Å²) < 4.78 is 29.6. The molecule has 108 valence electrons. The van der Waals surface area contributed by atoms with Gasteiger partial charge in [-0.15, -0.1) is 11.6 Å². The van der Waals surface area contributed by atoms with E-state index < -0.39 is 11.6 Å². The number of fused-ring (bicyclic) bond motifs is 1. The standard InChI is InChI=1S/C15H17ClF2N2/c1-9(10-3-2-4-10)20-13(7-8-16)19-12-6-5-11(17)14(18)15(12)20/h5-6,9-10H,2-4,7-8H2,1H3. The Morgan fingerprint density at radius 2 is 2.15 bits per heavy atom. The lowest BCUT2D eigenvalue weighted by molar-refractivity contribution is 0.222. The molecule has 3 rings (SSSR count). The van der Waals surface area contributed by atoms with Crippen molar-refractivity contribution in [2.75, 3.05) is 5.88 Å². The molecular formula is C15H17ClF2N2. The molecule has 1 unspecified atom stereocenters. The van der Waals surface area contributed by atoms with Crippen LogP contribution in [0.1, 0.15) is 38.1 Å². The lowest BCUT2D eigenvalue weighted by Crippen LogP contribution is -2.24. The largest absolute Gasteiger partial charge is 0.322 e. The molecule has 1 aliphatic rings. The fourth-order valence-corrected chi connectivity index (χ4v) is 3.17. The van der Waals surface area contributed by atoms with Gasteiger partial charge in [0.05, 0.1) is 5.52 Å². The summed E-state index contributed by atoms with van der Waals surface area (Å²) in [5, 5.41) is 0. The Morgan fingerprint density at radius 1 is 1.40 bits per heavy atom. The second-order valence-corrected chi connectivity index (χ2v) is 5.88. The van der Waals surface area contributed by atoms with Crippen LogP contribution in [-0.2, 0) is 6.42 Å². The van der Waals surface area contributed by atoms with Crippen LogP contribution in [-0.4, -0.2) is 15.4 Å². The summed E-state index contributed by atoms with van der Waals surface area (Å²) in [4.78, 5) is 4.44. The third-order valence-electron chi connectivity index (χ3n) is 4.37. The summed E-state index contributed by atoms with van der Waals surface area (Å²) >= 11 is 5.82. The number of rotatable bonds is 4. The molecule has 1 saturated carbocycles. The number of aromatic nitrogens is 2. The zero-order chi connectivity index (χ0) is 14.3. The highest BCUT2D eigenvalue weighted by molar-refractivity contribution is 6.17. The predicted octanol–water partition coefficient (Wildman–Crippen LogP) is 4.46. The molecule has 1 atom stereocenters. The fraction of sp³-hybridized carbons (Fsp3) is 0.533. The molecule has 1 aromatic heterocycles. The molecule has 1 fully saturated rings. The number of halogens is 3. The van der Waals surface area contributed by atoms with Crippen molar-refractivity contribution in [3.63, 3.8) is 0 Å². The molecule has 0 amide bonds. The highest BCUT2D eigenvalue weighted by atomic mass is 35.5. The van der Waals surface area contributed by atoms with Gasteiger partial charge in [-0.2, -0.15) is 0 Å². The first-order valence-corrected chi connectivity index (χ1v) is 7.57. The van der Waals surface area contributed by atoms with E-state index in [1.807, 2.05) is 4.57 Å². The van der Waals surface area contributed by atoms with Gasteiger partial charge in [-0.05, 0) is 37.8 Å². The van der Waals surface area contributed by atoms with Gasteiger partial charge in [0.25, 0.3) is 0 Å². The van der Waals surface area contributed by atoms with Gasteiger partial charge in [0.1, 0.15) is 11.3 Å².